The summed E-state index contributed by atoms with van der Waals surface area (Å²) in [7, 11) is 3.44. The number of ether oxygens (including phenoxy) is 1. The maximum atomic E-state index is 14.3. The van der Waals surface area contributed by atoms with Crippen LogP contribution in [0.1, 0.15) is 24.8 Å². The lowest BCUT2D eigenvalue weighted by Gasteiger charge is -2.26. The Morgan fingerprint density at radius 1 is 1.23 bits per heavy atom. The van der Waals surface area contributed by atoms with Gasteiger partial charge in [0.15, 0.2) is 5.96 Å². The number of halogens is 1. The van der Waals surface area contributed by atoms with Gasteiger partial charge in [0, 0.05) is 45.7 Å². The normalized spacial score (nSPS) is 18.7. The van der Waals surface area contributed by atoms with Crippen LogP contribution < -0.4 is 10.6 Å². The van der Waals surface area contributed by atoms with Crippen molar-refractivity contribution in [2.75, 3.05) is 66.6 Å². The molecule has 1 saturated heterocycles. The van der Waals surface area contributed by atoms with E-state index in [9.17, 15) is 9.18 Å². The molecule has 1 aromatic rings. The van der Waals surface area contributed by atoms with Crippen LogP contribution in [-0.2, 0) is 14.9 Å². The van der Waals surface area contributed by atoms with Crippen molar-refractivity contribution in [1.29, 1.82) is 0 Å². The van der Waals surface area contributed by atoms with Gasteiger partial charge in [-0.3, -0.25) is 9.69 Å². The van der Waals surface area contributed by atoms with Crippen LogP contribution in [0.25, 0.3) is 0 Å². The Balaban J connectivity index is 1.53. The maximum absolute atomic E-state index is 14.3. The van der Waals surface area contributed by atoms with Crippen molar-refractivity contribution in [2.24, 2.45) is 4.99 Å². The standard InChI is InChI=1S/C22H34FN5O2/c1-27(2)20(29)16-25-21(24-10-5-11-28-12-14-30-15-13-28)26-17-22(8-9-22)18-6-3-4-7-19(18)23/h3-4,6-7H,5,8-17H2,1-2H3,(H2,24,25,26). The van der Waals surface area contributed by atoms with Gasteiger partial charge in [-0.15, -0.1) is 0 Å². The number of carbonyl (C=O) groups is 1. The van der Waals surface area contributed by atoms with Crippen LogP contribution in [0.15, 0.2) is 29.3 Å². The molecule has 1 heterocycles. The number of amides is 1. The zero-order chi connectivity index (χ0) is 21.4. The van der Waals surface area contributed by atoms with E-state index in [0.717, 1.165) is 64.2 Å². The Morgan fingerprint density at radius 2 is 1.97 bits per heavy atom. The van der Waals surface area contributed by atoms with Crippen molar-refractivity contribution in [1.82, 2.24) is 20.4 Å². The second-order valence-corrected chi connectivity index (χ2v) is 8.30. The van der Waals surface area contributed by atoms with Gasteiger partial charge >= 0.3 is 0 Å². The number of carbonyl (C=O) groups excluding carboxylic acids is 1. The van der Waals surface area contributed by atoms with Crippen LogP contribution >= 0.6 is 0 Å². The van der Waals surface area contributed by atoms with Gasteiger partial charge in [-0.2, -0.15) is 0 Å². The molecular weight excluding hydrogens is 385 g/mol. The number of guanidine groups is 1. The summed E-state index contributed by atoms with van der Waals surface area (Å²) >= 11 is 0. The lowest BCUT2D eigenvalue weighted by atomic mass is 9.95. The Labute approximate surface area is 178 Å². The van der Waals surface area contributed by atoms with Crippen LogP contribution in [0, 0.1) is 5.82 Å². The van der Waals surface area contributed by atoms with Crippen molar-refractivity contribution in [2.45, 2.75) is 24.7 Å². The maximum Gasteiger partial charge on any atom is 0.243 e. The van der Waals surface area contributed by atoms with Crippen molar-refractivity contribution in [3.8, 4) is 0 Å². The van der Waals surface area contributed by atoms with E-state index in [2.05, 4.69) is 20.5 Å². The van der Waals surface area contributed by atoms with E-state index >= 15 is 0 Å². The first-order valence-electron chi connectivity index (χ1n) is 10.8. The third-order valence-corrected chi connectivity index (χ3v) is 5.81. The van der Waals surface area contributed by atoms with Gasteiger partial charge in [0.2, 0.25) is 5.91 Å². The highest BCUT2D eigenvalue weighted by molar-refractivity contribution is 5.84. The summed E-state index contributed by atoms with van der Waals surface area (Å²) in [5, 5.41) is 6.69. The van der Waals surface area contributed by atoms with E-state index < -0.39 is 0 Å². The van der Waals surface area contributed by atoms with Gasteiger partial charge in [0.05, 0.1) is 13.2 Å². The molecule has 3 rings (SSSR count). The zero-order valence-electron chi connectivity index (χ0n) is 18.1. The Morgan fingerprint density at radius 3 is 2.63 bits per heavy atom. The van der Waals surface area contributed by atoms with Gasteiger partial charge in [0.25, 0.3) is 0 Å². The minimum atomic E-state index is -0.187. The molecule has 2 fully saturated rings. The van der Waals surface area contributed by atoms with Gasteiger partial charge in [0.1, 0.15) is 12.4 Å². The highest BCUT2D eigenvalue weighted by Gasteiger charge is 2.45. The predicted octanol–water partition coefficient (Wildman–Crippen LogP) is 1.20. The summed E-state index contributed by atoms with van der Waals surface area (Å²) in [6, 6.07) is 6.99. The molecule has 0 spiro atoms. The van der Waals surface area contributed by atoms with Crippen molar-refractivity contribution in [3.63, 3.8) is 0 Å². The summed E-state index contributed by atoms with van der Waals surface area (Å²) in [5.74, 6) is 0.394. The minimum Gasteiger partial charge on any atom is -0.379 e. The Kier molecular flexibility index (Phi) is 8.04. The number of hydrogen-bond acceptors (Lipinski definition) is 4. The monoisotopic (exact) mass is 419 g/mol. The average Bonchev–Trinajstić information content (AvgIpc) is 3.54. The Hall–Kier alpha value is -2.19. The van der Waals surface area contributed by atoms with E-state index in [1.54, 1.807) is 20.2 Å². The molecule has 166 valence electrons. The molecule has 7 nitrogen and oxygen atoms in total. The third-order valence-electron chi connectivity index (χ3n) is 5.81. The molecule has 1 aromatic carbocycles. The second-order valence-electron chi connectivity index (χ2n) is 8.30. The number of hydrogen-bond donors (Lipinski definition) is 2. The summed E-state index contributed by atoms with van der Waals surface area (Å²) in [5.41, 5.74) is 0.571. The predicted molar refractivity (Wildman–Crippen MR) is 116 cm³/mol. The largest absolute Gasteiger partial charge is 0.379 e. The van der Waals surface area contributed by atoms with Gasteiger partial charge in [-0.05, 0) is 37.4 Å². The first kappa shape index (κ1) is 22.5. The lowest BCUT2D eigenvalue weighted by molar-refractivity contribution is -0.127. The summed E-state index contributed by atoms with van der Waals surface area (Å²) < 4.78 is 19.7. The van der Waals surface area contributed by atoms with Crippen LogP contribution in [0.4, 0.5) is 4.39 Å². The minimum absolute atomic E-state index is 0.0559. The van der Waals surface area contributed by atoms with E-state index in [1.807, 2.05) is 12.1 Å². The topological polar surface area (TPSA) is 69.2 Å². The molecule has 30 heavy (non-hydrogen) atoms. The third kappa shape index (κ3) is 6.40. The fraction of sp³-hybridized carbons (Fsp3) is 0.636. The number of morpholine rings is 1. The molecule has 0 radical (unpaired) electrons. The molecule has 1 amide bonds. The molecule has 2 N–H and O–H groups in total. The molecule has 1 aliphatic carbocycles. The van der Waals surface area contributed by atoms with E-state index in [4.69, 9.17) is 4.74 Å². The molecule has 0 atom stereocenters. The van der Waals surface area contributed by atoms with Crippen LogP contribution in [0.3, 0.4) is 0 Å². The number of likely N-dealkylation sites (N-methyl/N-ethyl adjacent to an activating group) is 1. The average molecular weight is 420 g/mol. The SMILES string of the molecule is CN(C)C(=O)CN=C(NCCCN1CCOCC1)NCC1(c2ccccc2F)CC1. The molecule has 1 saturated carbocycles. The highest BCUT2D eigenvalue weighted by atomic mass is 19.1. The van der Waals surface area contributed by atoms with Gasteiger partial charge in [-0.25, -0.2) is 9.38 Å². The smallest absolute Gasteiger partial charge is 0.243 e. The fourth-order valence-electron chi connectivity index (χ4n) is 3.63. The van der Waals surface area contributed by atoms with Crippen LogP contribution in [-0.4, -0.2) is 88.2 Å². The summed E-state index contributed by atoms with van der Waals surface area (Å²) in [6.07, 6.45) is 2.87. The number of rotatable bonds is 9. The quantitative estimate of drug-likeness (QED) is 0.358. The highest BCUT2D eigenvalue weighted by Crippen LogP contribution is 2.48. The van der Waals surface area contributed by atoms with Crippen molar-refractivity contribution in [3.05, 3.63) is 35.6 Å². The number of aliphatic imine (C=N–C) groups is 1. The molecule has 8 heteroatoms. The molecule has 0 aromatic heterocycles. The number of nitrogens with one attached hydrogen (secondary N) is 2. The lowest BCUT2D eigenvalue weighted by Crippen LogP contribution is -2.43. The molecular formula is C22H34FN5O2. The summed E-state index contributed by atoms with van der Waals surface area (Å²) in [6.45, 7) is 5.98. The van der Waals surface area contributed by atoms with Crippen molar-refractivity contribution >= 4 is 11.9 Å². The van der Waals surface area contributed by atoms with Crippen LogP contribution in [0.2, 0.25) is 0 Å². The Bertz CT molecular complexity index is 730. The molecule has 1 aliphatic heterocycles. The molecule has 0 bridgehead atoms. The first-order chi connectivity index (χ1) is 14.5. The van der Waals surface area contributed by atoms with E-state index in [-0.39, 0.29) is 23.7 Å². The van der Waals surface area contributed by atoms with E-state index in [1.165, 1.54) is 11.0 Å². The number of benzene rings is 1. The van der Waals surface area contributed by atoms with E-state index in [0.29, 0.717) is 12.5 Å². The van der Waals surface area contributed by atoms with Crippen molar-refractivity contribution < 1.29 is 13.9 Å². The zero-order valence-corrected chi connectivity index (χ0v) is 18.1. The van der Waals surface area contributed by atoms with Crippen LogP contribution in [0.5, 0.6) is 0 Å². The summed E-state index contributed by atoms with van der Waals surface area (Å²) in [4.78, 5) is 20.3. The molecule has 0 unspecified atom stereocenters. The molecule has 2 aliphatic rings. The van der Waals surface area contributed by atoms with Gasteiger partial charge in [-0.1, -0.05) is 18.2 Å². The van der Waals surface area contributed by atoms with Gasteiger partial charge < -0.3 is 20.3 Å². The second kappa shape index (κ2) is 10.7. The number of nitrogens with zero attached hydrogens (tertiary/aromatic N) is 3. The fourth-order valence-corrected chi connectivity index (χ4v) is 3.63. The first-order valence-corrected chi connectivity index (χ1v) is 10.8.